The van der Waals surface area contributed by atoms with E-state index in [9.17, 15) is 8.42 Å². The molecule has 15 heavy (non-hydrogen) atoms. The van der Waals surface area contributed by atoms with Crippen LogP contribution >= 0.6 is 0 Å². The van der Waals surface area contributed by atoms with Crippen LogP contribution in [-0.4, -0.2) is 17.5 Å². The fourth-order valence-corrected chi connectivity index (χ4v) is 2.70. The molecule has 1 heterocycles. The van der Waals surface area contributed by atoms with Gasteiger partial charge in [-0.25, -0.2) is 9.13 Å². The van der Waals surface area contributed by atoms with Crippen molar-refractivity contribution in [3.8, 4) is 0 Å². The van der Waals surface area contributed by atoms with Crippen molar-refractivity contribution in [2.24, 2.45) is 14.1 Å². The molecule has 0 unspecified atom stereocenters. The van der Waals surface area contributed by atoms with Gasteiger partial charge in [0.15, 0.2) is 11.0 Å². The first-order chi connectivity index (χ1) is 6.93. The maximum absolute atomic E-state index is 11.2. The lowest BCUT2D eigenvalue weighted by molar-refractivity contribution is -0.686. The highest BCUT2D eigenvalue weighted by atomic mass is 32.2. The lowest BCUT2D eigenvalue weighted by Crippen LogP contribution is -2.34. The van der Waals surface area contributed by atoms with Crippen LogP contribution in [0.3, 0.4) is 0 Å². The summed E-state index contributed by atoms with van der Waals surface area (Å²) in [6.45, 7) is 0. The van der Waals surface area contributed by atoms with Crippen LogP contribution in [-0.2, 0) is 24.2 Å². The van der Waals surface area contributed by atoms with E-state index >= 15 is 0 Å². The quantitative estimate of drug-likeness (QED) is 0.561. The summed E-state index contributed by atoms with van der Waals surface area (Å²) >= 11 is 0. The third-order valence-corrected chi connectivity index (χ3v) is 3.42. The highest BCUT2D eigenvalue weighted by Gasteiger charge is 2.30. The minimum absolute atomic E-state index is 0.122. The predicted molar refractivity (Wildman–Crippen MR) is 53.9 cm³/mol. The Balaban J connectivity index is 3.00. The third-order valence-electron chi connectivity index (χ3n) is 2.41. The van der Waals surface area contributed by atoms with Crippen molar-refractivity contribution in [2.75, 3.05) is 0 Å². The monoisotopic (exact) mass is 227 g/mol. The maximum Gasteiger partial charge on any atom is 0.403 e. The third kappa shape index (κ3) is 1.42. The highest BCUT2D eigenvalue weighted by molar-refractivity contribution is 7.85. The molecule has 0 amide bonds. The normalized spacial score (nSPS) is 12.2. The molecule has 1 aromatic heterocycles. The fraction of sp³-hybridized carbons (Fsp3) is 0.222. The largest absolute Gasteiger partial charge is 0.403 e. The Hall–Kier alpha value is -1.40. The van der Waals surface area contributed by atoms with Crippen molar-refractivity contribution in [1.29, 1.82) is 0 Å². The summed E-state index contributed by atoms with van der Waals surface area (Å²) in [5.74, 6) is 0. The second-order valence-corrected chi connectivity index (χ2v) is 4.68. The molecule has 1 N–H and O–H groups in total. The van der Waals surface area contributed by atoms with Gasteiger partial charge in [-0.05, 0) is 12.1 Å². The Morgan fingerprint density at radius 3 is 2.47 bits per heavy atom. The Morgan fingerprint density at radius 1 is 1.33 bits per heavy atom. The number of fused-ring (bicyclic) bond motifs is 1. The molecule has 0 fully saturated rings. The van der Waals surface area contributed by atoms with Crippen LogP contribution in [0.2, 0.25) is 0 Å². The van der Waals surface area contributed by atoms with E-state index in [2.05, 4.69) is 0 Å². The van der Waals surface area contributed by atoms with Crippen LogP contribution in [0, 0.1) is 0 Å². The molecule has 2 aromatic rings. The molecule has 1 aromatic carbocycles. The van der Waals surface area contributed by atoms with Crippen LogP contribution in [0.5, 0.6) is 0 Å². The molecule has 0 saturated carbocycles. The van der Waals surface area contributed by atoms with Crippen molar-refractivity contribution >= 4 is 21.2 Å². The maximum atomic E-state index is 11.2. The van der Waals surface area contributed by atoms with E-state index in [1.165, 1.54) is 9.13 Å². The van der Waals surface area contributed by atoms with Gasteiger partial charge in [0.2, 0.25) is 0 Å². The predicted octanol–water partition coefficient (Wildman–Crippen LogP) is 0.249. The Bertz CT molecular complexity index is 589. The molecule has 5 nitrogen and oxygen atoms in total. The second-order valence-electron chi connectivity index (χ2n) is 3.36. The zero-order valence-corrected chi connectivity index (χ0v) is 9.19. The standard InChI is InChI=1S/C9H10N2O3S/c1-10-7-5-3-4-6-8(7)11(2)9(10)15(12,13)14/h3-6H,1-2H3/p+1. The Labute approximate surface area is 87.3 Å². The molecule has 0 aliphatic carbocycles. The molecule has 0 radical (unpaired) electrons. The van der Waals surface area contributed by atoms with Gasteiger partial charge in [-0.1, -0.05) is 12.1 Å². The summed E-state index contributed by atoms with van der Waals surface area (Å²) in [4.78, 5) is 0. The lowest BCUT2D eigenvalue weighted by atomic mass is 10.3. The molecular formula is C9H11N2O3S+. The van der Waals surface area contributed by atoms with E-state index in [1.54, 1.807) is 26.2 Å². The summed E-state index contributed by atoms with van der Waals surface area (Å²) in [5, 5.41) is -0.122. The number of hydrogen-bond donors (Lipinski definition) is 1. The first-order valence-electron chi connectivity index (χ1n) is 4.34. The first kappa shape index (κ1) is 10.1. The zero-order valence-electron chi connectivity index (χ0n) is 8.38. The lowest BCUT2D eigenvalue weighted by Gasteiger charge is -1.92. The molecule has 0 aliphatic heterocycles. The minimum Gasteiger partial charge on any atom is -0.276 e. The van der Waals surface area contributed by atoms with E-state index in [-0.39, 0.29) is 5.16 Å². The van der Waals surface area contributed by atoms with Gasteiger partial charge in [0.05, 0.1) is 14.1 Å². The number of aryl methyl sites for hydroxylation is 2. The average Bonchev–Trinajstić information content (AvgIpc) is 2.39. The minimum atomic E-state index is -4.20. The van der Waals surface area contributed by atoms with E-state index in [1.807, 2.05) is 12.1 Å². The smallest absolute Gasteiger partial charge is 0.276 e. The summed E-state index contributed by atoms with van der Waals surface area (Å²) in [7, 11) is -0.995. The number of aromatic nitrogens is 2. The fourth-order valence-electron chi connectivity index (χ4n) is 1.81. The Kier molecular flexibility index (Phi) is 2.06. The summed E-state index contributed by atoms with van der Waals surface area (Å²) < 4.78 is 34.3. The first-order valence-corrected chi connectivity index (χ1v) is 5.78. The number of nitrogens with zero attached hydrogens (tertiary/aromatic N) is 2. The van der Waals surface area contributed by atoms with Crippen LogP contribution in [0.1, 0.15) is 0 Å². The Morgan fingerprint density at radius 2 is 1.93 bits per heavy atom. The van der Waals surface area contributed by atoms with Gasteiger partial charge in [-0.2, -0.15) is 8.42 Å². The van der Waals surface area contributed by atoms with Gasteiger partial charge in [-0.3, -0.25) is 4.55 Å². The summed E-state index contributed by atoms with van der Waals surface area (Å²) in [6, 6.07) is 7.22. The van der Waals surface area contributed by atoms with Gasteiger partial charge in [0.1, 0.15) is 0 Å². The van der Waals surface area contributed by atoms with Crippen molar-refractivity contribution in [3.63, 3.8) is 0 Å². The van der Waals surface area contributed by atoms with Crippen LogP contribution in [0.25, 0.3) is 11.0 Å². The number of hydrogen-bond acceptors (Lipinski definition) is 2. The molecule has 0 bridgehead atoms. The van der Waals surface area contributed by atoms with Crippen LogP contribution in [0.15, 0.2) is 29.4 Å². The molecule has 0 spiro atoms. The SMILES string of the molecule is Cn1c(S(=O)(=O)O)[n+](C)c2ccccc21. The molecule has 80 valence electrons. The van der Waals surface area contributed by atoms with Gasteiger partial charge in [-0.15, -0.1) is 0 Å². The van der Waals surface area contributed by atoms with E-state index in [0.717, 1.165) is 11.0 Å². The zero-order chi connectivity index (χ0) is 11.2. The number of imidazole rings is 1. The van der Waals surface area contributed by atoms with E-state index in [4.69, 9.17) is 4.55 Å². The van der Waals surface area contributed by atoms with Crippen molar-refractivity contribution in [1.82, 2.24) is 4.57 Å². The van der Waals surface area contributed by atoms with Gasteiger partial charge in [0.25, 0.3) is 0 Å². The number of para-hydroxylation sites is 2. The van der Waals surface area contributed by atoms with Gasteiger partial charge in [0, 0.05) is 0 Å². The molecule has 0 atom stereocenters. The molecule has 0 aliphatic rings. The molecule has 2 rings (SSSR count). The van der Waals surface area contributed by atoms with E-state index < -0.39 is 10.1 Å². The highest BCUT2D eigenvalue weighted by Crippen LogP contribution is 2.14. The summed E-state index contributed by atoms with van der Waals surface area (Å²) in [5.41, 5.74) is 1.51. The van der Waals surface area contributed by atoms with E-state index in [0.29, 0.717) is 0 Å². The topological polar surface area (TPSA) is 63.2 Å². The van der Waals surface area contributed by atoms with Crippen molar-refractivity contribution in [2.45, 2.75) is 5.16 Å². The second kappa shape index (κ2) is 3.04. The molecule has 0 saturated heterocycles. The molecular weight excluding hydrogens is 216 g/mol. The van der Waals surface area contributed by atoms with Gasteiger partial charge >= 0.3 is 15.3 Å². The van der Waals surface area contributed by atoms with Crippen molar-refractivity contribution in [3.05, 3.63) is 24.3 Å². The van der Waals surface area contributed by atoms with Gasteiger partial charge < -0.3 is 0 Å². The number of benzene rings is 1. The van der Waals surface area contributed by atoms with Crippen LogP contribution < -0.4 is 4.57 Å². The average molecular weight is 227 g/mol. The van der Waals surface area contributed by atoms with Crippen molar-refractivity contribution < 1.29 is 17.5 Å². The molecule has 6 heteroatoms. The number of rotatable bonds is 1. The summed E-state index contributed by atoms with van der Waals surface area (Å²) in [6.07, 6.45) is 0. The van der Waals surface area contributed by atoms with Crippen LogP contribution in [0.4, 0.5) is 0 Å².